The van der Waals surface area contributed by atoms with Gasteiger partial charge >= 0.3 is 5.97 Å². The molecule has 3 saturated heterocycles. The van der Waals surface area contributed by atoms with E-state index in [1.807, 2.05) is 30.3 Å². The van der Waals surface area contributed by atoms with Crippen LogP contribution in [0.3, 0.4) is 0 Å². The number of rotatable bonds is 17. The number of aromatic nitrogens is 3. The van der Waals surface area contributed by atoms with Crippen molar-refractivity contribution in [3.63, 3.8) is 0 Å². The quantitative estimate of drug-likeness (QED) is 0.113. The Morgan fingerprint density at radius 3 is 2.73 bits per heavy atom. The van der Waals surface area contributed by atoms with Crippen molar-refractivity contribution in [2.45, 2.75) is 78.9 Å². The lowest BCUT2D eigenvalue weighted by Gasteiger charge is -2.37. The van der Waals surface area contributed by atoms with E-state index in [1.165, 1.54) is 0 Å². The fourth-order valence-electron chi connectivity index (χ4n) is 7.06. The lowest BCUT2D eigenvalue weighted by atomic mass is 9.71. The molecule has 1 spiro atoms. The van der Waals surface area contributed by atoms with Gasteiger partial charge in [-0.15, -0.1) is 30.0 Å². The fraction of sp³-hybridized carbons (Fsp3) is 0.594. The predicted octanol–water partition coefficient (Wildman–Crippen LogP) is 4.32. The number of hydrogen-bond donors (Lipinski definition) is 1. The van der Waals surface area contributed by atoms with Crippen LogP contribution in [-0.2, 0) is 25.8 Å². The Bertz CT molecular complexity index is 1370. The molecule has 0 aliphatic carbocycles. The molecule has 2 amide bonds. The zero-order valence-corrected chi connectivity index (χ0v) is 27.5. The Morgan fingerprint density at radius 1 is 1.16 bits per heavy atom. The van der Waals surface area contributed by atoms with Crippen molar-refractivity contribution >= 4 is 56.5 Å². The number of aliphatic hydroxyl groups is 1. The summed E-state index contributed by atoms with van der Waals surface area (Å²) in [5.41, 5.74) is 1.54. The summed E-state index contributed by atoms with van der Waals surface area (Å²) in [4.78, 5) is 46.0. The normalized spacial score (nSPS) is 27.1. The SMILES string of the molecule is C=CCCCCOC(=O)[C@H]1[C@H]2C(=O)N(CCCCCCO)C(C(=O)N(CC=C)Cn3nnc4ccccc43)C23CC(Br)[C@@H]1S3. The number of fused-ring (bicyclic) bond motifs is 2. The molecule has 2 aromatic rings. The highest BCUT2D eigenvalue weighted by Gasteiger charge is 2.76. The lowest BCUT2D eigenvalue weighted by molar-refractivity contribution is -0.154. The van der Waals surface area contributed by atoms with Gasteiger partial charge in [0, 0.05) is 29.8 Å². The maximum absolute atomic E-state index is 14.7. The van der Waals surface area contributed by atoms with Crippen molar-refractivity contribution in [1.29, 1.82) is 0 Å². The van der Waals surface area contributed by atoms with Gasteiger partial charge in [0.15, 0.2) is 0 Å². The molecule has 3 fully saturated rings. The van der Waals surface area contributed by atoms with E-state index in [4.69, 9.17) is 4.74 Å². The molecule has 5 rings (SSSR count). The van der Waals surface area contributed by atoms with Gasteiger partial charge in [0.1, 0.15) is 18.2 Å². The smallest absolute Gasteiger partial charge is 0.310 e. The number of ether oxygens (including phenoxy) is 1. The van der Waals surface area contributed by atoms with E-state index in [0.717, 1.165) is 43.1 Å². The number of nitrogens with zero attached hydrogens (tertiary/aromatic N) is 5. The summed E-state index contributed by atoms with van der Waals surface area (Å²) in [6.45, 7) is 8.91. The summed E-state index contributed by atoms with van der Waals surface area (Å²) < 4.78 is 6.69. The van der Waals surface area contributed by atoms with Crippen LogP contribution in [0, 0.1) is 11.8 Å². The van der Waals surface area contributed by atoms with E-state index in [9.17, 15) is 19.5 Å². The molecule has 3 aliphatic heterocycles. The highest BCUT2D eigenvalue weighted by Crippen LogP contribution is 2.68. The van der Waals surface area contributed by atoms with Gasteiger partial charge in [0.25, 0.3) is 0 Å². The first-order chi connectivity index (χ1) is 21.4. The monoisotopic (exact) mass is 687 g/mol. The number of allylic oxidation sites excluding steroid dienone is 1. The van der Waals surface area contributed by atoms with Crippen LogP contribution in [0.5, 0.6) is 0 Å². The number of alkyl halides is 1. The molecule has 3 unspecified atom stereocenters. The zero-order valence-electron chi connectivity index (χ0n) is 25.1. The van der Waals surface area contributed by atoms with Crippen LogP contribution in [0.1, 0.15) is 51.4 Å². The summed E-state index contributed by atoms with van der Waals surface area (Å²) >= 11 is 5.44. The third-order valence-corrected chi connectivity index (χ3v) is 12.3. The molecule has 238 valence electrons. The van der Waals surface area contributed by atoms with Crippen LogP contribution in [0.15, 0.2) is 49.6 Å². The van der Waals surface area contributed by atoms with E-state index < -0.39 is 22.6 Å². The summed E-state index contributed by atoms with van der Waals surface area (Å²) in [6, 6.07) is 6.84. The maximum Gasteiger partial charge on any atom is 0.310 e. The standard InChI is InChI=1S/C32H42BrN5O5S/c1-3-5-6-13-19-43-31(42)25-26-29(40)37(17-11-7-8-12-18-39)28(32(26)20-22(33)27(25)44-32)30(41)36(16-4-2)21-38-24-15-10-9-14-23(24)34-35-38/h3-4,9-10,14-15,22,25-28,39H,1-2,5-8,11-13,16-21H2/t22?,25-,26-,27-,28?,32?/m0/s1. The fourth-order valence-corrected chi connectivity index (χ4v) is 10.7. The van der Waals surface area contributed by atoms with Gasteiger partial charge in [-0.05, 0) is 50.7 Å². The second-order valence-electron chi connectivity index (χ2n) is 11.9. The Hall–Kier alpha value is -2.70. The van der Waals surface area contributed by atoms with Crippen molar-refractivity contribution < 1.29 is 24.2 Å². The third-order valence-electron chi connectivity index (χ3n) is 9.04. The number of halogens is 1. The number of unbranched alkanes of at least 4 members (excludes halogenated alkanes) is 5. The highest BCUT2D eigenvalue weighted by molar-refractivity contribution is 9.09. The molecule has 0 radical (unpaired) electrons. The van der Waals surface area contributed by atoms with E-state index in [1.54, 1.807) is 32.3 Å². The van der Waals surface area contributed by atoms with Gasteiger partial charge in [0.05, 0.1) is 28.7 Å². The van der Waals surface area contributed by atoms with E-state index in [2.05, 4.69) is 39.4 Å². The van der Waals surface area contributed by atoms with Gasteiger partial charge < -0.3 is 19.6 Å². The van der Waals surface area contributed by atoms with Crippen molar-refractivity contribution in [2.75, 3.05) is 26.3 Å². The number of carbonyl (C=O) groups is 3. The van der Waals surface area contributed by atoms with Gasteiger partial charge in [-0.1, -0.05) is 58.3 Å². The van der Waals surface area contributed by atoms with E-state index in [0.29, 0.717) is 32.4 Å². The van der Waals surface area contributed by atoms with Crippen molar-refractivity contribution in [3.8, 4) is 0 Å². The summed E-state index contributed by atoms with van der Waals surface area (Å²) in [7, 11) is 0. The average Bonchev–Trinajstić information content (AvgIpc) is 3.73. The zero-order chi connectivity index (χ0) is 31.3. The minimum absolute atomic E-state index is 0.0261. The Kier molecular flexibility index (Phi) is 10.8. The second-order valence-corrected chi connectivity index (χ2v) is 14.6. The number of esters is 1. The first kappa shape index (κ1) is 32.7. The summed E-state index contributed by atoms with van der Waals surface area (Å²) in [6.07, 6.45) is 9.69. The highest BCUT2D eigenvalue weighted by atomic mass is 79.9. The summed E-state index contributed by atoms with van der Waals surface area (Å²) in [5.74, 6) is -1.92. The molecular weight excluding hydrogens is 646 g/mol. The van der Waals surface area contributed by atoms with E-state index in [-0.39, 0.29) is 47.7 Å². The molecule has 2 bridgehead atoms. The van der Waals surface area contributed by atoms with Crippen LogP contribution in [-0.4, -0.2) is 94.9 Å². The van der Waals surface area contributed by atoms with Crippen LogP contribution in [0.4, 0.5) is 0 Å². The van der Waals surface area contributed by atoms with Crippen molar-refractivity contribution in [2.24, 2.45) is 11.8 Å². The number of thioether (sulfide) groups is 1. The third kappa shape index (κ3) is 6.22. The minimum Gasteiger partial charge on any atom is -0.465 e. The Morgan fingerprint density at radius 2 is 1.95 bits per heavy atom. The second kappa shape index (κ2) is 14.6. The number of benzene rings is 1. The number of para-hydroxylation sites is 1. The molecule has 0 saturated carbocycles. The molecule has 1 aromatic carbocycles. The molecule has 4 heterocycles. The summed E-state index contributed by atoms with van der Waals surface area (Å²) in [5, 5.41) is 17.6. The minimum atomic E-state index is -0.755. The number of amides is 2. The topological polar surface area (TPSA) is 118 Å². The van der Waals surface area contributed by atoms with Gasteiger partial charge in [0.2, 0.25) is 11.8 Å². The van der Waals surface area contributed by atoms with Crippen LogP contribution < -0.4 is 0 Å². The molecule has 1 N–H and O–H groups in total. The largest absolute Gasteiger partial charge is 0.465 e. The Balaban J connectivity index is 1.44. The maximum atomic E-state index is 14.7. The van der Waals surface area contributed by atoms with Crippen LogP contribution in [0.25, 0.3) is 11.0 Å². The molecule has 44 heavy (non-hydrogen) atoms. The first-order valence-electron chi connectivity index (χ1n) is 15.6. The number of aliphatic hydroxyl groups excluding tert-OH is 1. The van der Waals surface area contributed by atoms with Crippen LogP contribution >= 0.6 is 27.7 Å². The molecule has 6 atom stereocenters. The van der Waals surface area contributed by atoms with Gasteiger partial charge in [-0.25, -0.2) is 4.68 Å². The lowest BCUT2D eigenvalue weighted by Crippen LogP contribution is -2.55. The van der Waals surface area contributed by atoms with Crippen molar-refractivity contribution in [1.82, 2.24) is 24.8 Å². The molecule has 3 aliphatic rings. The van der Waals surface area contributed by atoms with Gasteiger partial charge in [-0.2, -0.15) is 0 Å². The Labute approximate surface area is 271 Å². The van der Waals surface area contributed by atoms with Crippen LogP contribution in [0.2, 0.25) is 0 Å². The van der Waals surface area contributed by atoms with E-state index >= 15 is 0 Å². The first-order valence-corrected chi connectivity index (χ1v) is 17.4. The van der Waals surface area contributed by atoms with Gasteiger partial charge in [-0.3, -0.25) is 14.4 Å². The molecular formula is C32H42BrN5O5S. The molecule has 1 aromatic heterocycles. The average molecular weight is 689 g/mol. The number of likely N-dealkylation sites (tertiary alicyclic amines) is 1. The molecule has 12 heteroatoms. The van der Waals surface area contributed by atoms with Crippen molar-refractivity contribution in [3.05, 3.63) is 49.6 Å². The number of hydrogen-bond acceptors (Lipinski definition) is 8. The number of carbonyl (C=O) groups excluding carboxylic acids is 3. The predicted molar refractivity (Wildman–Crippen MR) is 174 cm³/mol. The molecule has 10 nitrogen and oxygen atoms in total.